The Kier molecular flexibility index (Phi) is 5.27. The first-order valence-electron chi connectivity index (χ1n) is 8.03. The summed E-state index contributed by atoms with van der Waals surface area (Å²) >= 11 is 0. The van der Waals surface area contributed by atoms with Crippen LogP contribution in [0.4, 0.5) is 0 Å². The minimum atomic E-state index is 0.254. The number of fused-ring (bicyclic) bond motifs is 1. The van der Waals surface area contributed by atoms with E-state index in [9.17, 15) is 0 Å². The van der Waals surface area contributed by atoms with Crippen molar-refractivity contribution in [3.8, 4) is 5.75 Å². The number of hydrogen-bond donors (Lipinski definition) is 1. The Morgan fingerprint density at radius 3 is 2.32 bits per heavy atom. The van der Waals surface area contributed by atoms with Crippen LogP contribution in [0.25, 0.3) is 10.8 Å². The Hall–Kier alpha value is -1.62. The smallest absolute Gasteiger partial charge is 0.127 e. The van der Waals surface area contributed by atoms with Crippen molar-refractivity contribution in [1.82, 2.24) is 9.80 Å². The lowest BCUT2D eigenvalue weighted by molar-refractivity contribution is 0.102. The zero-order chi connectivity index (χ0) is 15.2. The van der Waals surface area contributed by atoms with Crippen molar-refractivity contribution in [1.29, 1.82) is 0 Å². The van der Waals surface area contributed by atoms with E-state index in [2.05, 4.69) is 40.1 Å². The van der Waals surface area contributed by atoms with E-state index >= 15 is 0 Å². The quantitative estimate of drug-likeness (QED) is 0.883. The lowest BCUT2D eigenvalue weighted by Gasteiger charge is -2.34. The largest absolute Gasteiger partial charge is 0.492 e. The van der Waals surface area contributed by atoms with Crippen molar-refractivity contribution in [2.75, 3.05) is 52.5 Å². The van der Waals surface area contributed by atoms with E-state index in [-0.39, 0.29) is 6.61 Å². The second-order valence-corrected chi connectivity index (χ2v) is 5.73. The SMILES string of the molecule is OCCN1CCN(CCOc2cccc3ccccc23)CC1. The number of hydrogen-bond acceptors (Lipinski definition) is 4. The van der Waals surface area contributed by atoms with Crippen LogP contribution in [0.15, 0.2) is 42.5 Å². The molecule has 1 N–H and O–H groups in total. The van der Waals surface area contributed by atoms with Crippen LogP contribution in [-0.2, 0) is 0 Å². The standard InChI is InChI=1S/C18H24N2O2/c21-14-12-19-8-10-20(11-9-19)13-15-22-18-7-3-5-16-4-1-2-6-17(16)18/h1-7,21H,8-15H2. The van der Waals surface area contributed by atoms with E-state index in [4.69, 9.17) is 9.84 Å². The van der Waals surface area contributed by atoms with Gasteiger partial charge in [0, 0.05) is 44.7 Å². The van der Waals surface area contributed by atoms with Gasteiger partial charge >= 0.3 is 0 Å². The second kappa shape index (κ2) is 7.58. The molecule has 1 aliphatic heterocycles. The monoisotopic (exact) mass is 300 g/mol. The Labute approximate surface area is 131 Å². The highest BCUT2D eigenvalue weighted by Crippen LogP contribution is 2.24. The van der Waals surface area contributed by atoms with Gasteiger partial charge in [0.15, 0.2) is 0 Å². The average Bonchev–Trinajstić information content (AvgIpc) is 2.57. The van der Waals surface area contributed by atoms with Gasteiger partial charge in [-0.2, -0.15) is 0 Å². The maximum absolute atomic E-state index is 8.96. The molecule has 1 fully saturated rings. The molecule has 0 atom stereocenters. The van der Waals surface area contributed by atoms with Gasteiger partial charge in [0.1, 0.15) is 12.4 Å². The summed E-state index contributed by atoms with van der Waals surface area (Å²) in [6.07, 6.45) is 0. The zero-order valence-corrected chi connectivity index (χ0v) is 12.9. The molecule has 0 spiro atoms. The van der Waals surface area contributed by atoms with E-state index in [0.717, 1.165) is 45.0 Å². The molecule has 4 heteroatoms. The Balaban J connectivity index is 1.49. The van der Waals surface area contributed by atoms with Gasteiger partial charge in [-0.25, -0.2) is 0 Å². The molecule has 0 aromatic heterocycles. The summed E-state index contributed by atoms with van der Waals surface area (Å²) in [6.45, 7) is 6.90. The fraction of sp³-hybridized carbons (Fsp3) is 0.444. The third-order valence-electron chi connectivity index (χ3n) is 4.30. The van der Waals surface area contributed by atoms with Crippen LogP contribution in [0, 0.1) is 0 Å². The van der Waals surface area contributed by atoms with Crippen molar-refractivity contribution in [3.05, 3.63) is 42.5 Å². The molecule has 22 heavy (non-hydrogen) atoms. The molecule has 0 unspecified atom stereocenters. The molecule has 4 nitrogen and oxygen atoms in total. The molecule has 0 radical (unpaired) electrons. The van der Waals surface area contributed by atoms with Crippen LogP contribution < -0.4 is 4.74 Å². The number of nitrogens with zero attached hydrogens (tertiary/aromatic N) is 2. The number of benzene rings is 2. The lowest BCUT2D eigenvalue weighted by Crippen LogP contribution is -2.48. The van der Waals surface area contributed by atoms with Crippen LogP contribution in [0.2, 0.25) is 0 Å². The third-order valence-corrected chi connectivity index (χ3v) is 4.30. The number of aliphatic hydroxyl groups excluding tert-OH is 1. The summed E-state index contributed by atoms with van der Waals surface area (Å²) in [7, 11) is 0. The molecule has 1 aliphatic rings. The van der Waals surface area contributed by atoms with E-state index in [1.54, 1.807) is 0 Å². The first-order valence-corrected chi connectivity index (χ1v) is 8.03. The summed E-state index contributed by atoms with van der Waals surface area (Å²) in [4.78, 5) is 4.74. The normalized spacial score (nSPS) is 17.0. The van der Waals surface area contributed by atoms with Crippen molar-refractivity contribution in [3.63, 3.8) is 0 Å². The minimum Gasteiger partial charge on any atom is -0.492 e. The third kappa shape index (κ3) is 3.77. The van der Waals surface area contributed by atoms with E-state index in [1.807, 2.05) is 12.1 Å². The highest BCUT2D eigenvalue weighted by atomic mass is 16.5. The molecule has 1 saturated heterocycles. The maximum atomic E-state index is 8.96. The number of piperazine rings is 1. The van der Waals surface area contributed by atoms with Gasteiger partial charge < -0.3 is 9.84 Å². The molecular weight excluding hydrogens is 276 g/mol. The number of rotatable bonds is 6. The van der Waals surface area contributed by atoms with Gasteiger partial charge in [0.05, 0.1) is 6.61 Å². The summed E-state index contributed by atoms with van der Waals surface area (Å²) in [5.41, 5.74) is 0. The van der Waals surface area contributed by atoms with Gasteiger partial charge in [-0.1, -0.05) is 36.4 Å². The van der Waals surface area contributed by atoms with Gasteiger partial charge in [-0.05, 0) is 11.5 Å². The molecule has 0 bridgehead atoms. The first kappa shape index (κ1) is 15.3. The summed E-state index contributed by atoms with van der Waals surface area (Å²) in [5, 5.41) is 11.4. The van der Waals surface area contributed by atoms with Crippen molar-refractivity contribution >= 4 is 10.8 Å². The number of aliphatic hydroxyl groups is 1. The van der Waals surface area contributed by atoms with Gasteiger partial charge in [-0.15, -0.1) is 0 Å². The Morgan fingerprint density at radius 1 is 0.864 bits per heavy atom. The van der Waals surface area contributed by atoms with Gasteiger partial charge in [0.2, 0.25) is 0 Å². The summed E-state index contributed by atoms with van der Waals surface area (Å²) in [6, 6.07) is 14.5. The Bertz CT molecular complexity index is 589. The van der Waals surface area contributed by atoms with Crippen molar-refractivity contribution < 1.29 is 9.84 Å². The highest BCUT2D eigenvalue weighted by Gasteiger charge is 2.15. The molecule has 0 amide bonds. The molecular formula is C18H24N2O2. The maximum Gasteiger partial charge on any atom is 0.127 e. The van der Waals surface area contributed by atoms with Crippen molar-refractivity contribution in [2.45, 2.75) is 0 Å². The van der Waals surface area contributed by atoms with Crippen LogP contribution >= 0.6 is 0 Å². The first-order chi connectivity index (χ1) is 10.9. The molecule has 1 heterocycles. The van der Waals surface area contributed by atoms with E-state index < -0.39 is 0 Å². The van der Waals surface area contributed by atoms with Crippen LogP contribution in [-0.4, -0.2) is 67.4 Å². The van der Waals surface area contributed by atoms with Crippen LogP contribution in [0.1, 0.15) is 0 Å². The predicted octanol–water partition coefficient (Wildman–Crippen LogP) is 1.83. The highest BCUT2D eigenvalue weighted by molar-refractivity contribution is 5.88. The van der Waals surface area contributed by atoms with Gasteiger partial charge in [0.25, 0.3) is 0 Å². The van der Waals surface area contributed by atoms with Crippen LogP contribution in [0.5, 0.6) is 5.75 Å². The molecule has 2 aromatic carbocycles. The van der Waals surface area contributed by atoms with Crippen LogP contribution in [0.3, 0.4) is 0 Å². The summed E-state index contributed by atoms with van der Waals surface area (Å²) < 4.78 is 6.00. The molecule has 3 rings (SSSR count). The predicted molar refractivity (Wildman–Crippen MR) is 89.4 cm³/mol. The van der Waals surface area contributed by atoms with Gasteiger partial charge in [-0.3, -0.25) is 9.80 Å². The topological polar surface area (TPSA) is 35.9 Å². The number of β-amino-alcohol motifs (C(OH)–C–C–N with tert-alkyl or cyclic N) is 1. The van der Waals surface area contributed by atoms with E-state index in [0.29, 0.717) is 6.61 Å². The minimum absolute atomic E-state index is 0.254. The fourth-order valence-corrected chi connectivity index (χ4v) is 2.98. The molecule has 0 saturated carbocycles. The van der Waals surface area contributed by atoms with E-state index in [1.165, 1.54) is 10.8 Å². The average molecular weight is 300 g/mol. The molecule has 0 aliphatic carbocycles. The second-order valence-electron chi connectivity index (χ2n) is 5.73. The molecule has 2 aromatic rings. The number of ether oxygens (including phenoxy) is 1. The van der Waals surface area contributed by atoms with Crippen molar-refractivity contribution in [2.24, 2.45) is 0 Å². The lowest BCUT2D eigenvalue weighted by atomic mass is 10.1. The fourth-order valence-electron chi connectivity index (χ4n) is 2.98. The Morgan fingerprint density at radius 2 is 1.55 bits per heavy atom. The zero-order valence-electron chi connectivity index (χ0n) is 12.9. The summed E-state index contributed by atoms with van der Waals surface area (Å²) in [5.74, 6) is 0.969. The molecule has 118 valence electrons.